The minimum Gasteiger partial charge on any atom is -0.348 e. The highest BCUT2D eigenvalue weighted by molar-refractivity contribution is 5.96. The van der Waals surface area contributed by atoms with Crippen molar-refractivity contribution in [2.45, 2.75) is 26.3 Å². The molecule has 1 aromatic rings. The maximum Gasteiger partial charge on any atom is 0.255 e. The summed E-state index contributed by atoms with van der Waals surface area (Å²) in [5.41, 5.74) is 2.45. The Morgan fingerprint density at radius 3 is 2.59 bits per heavy atom. The fraction of sp³-hybridized carbons (Fsp3) is 0.667. The number of carbonyl (C=O) groups excluding carboxylic acids is 1. The summed E-state index contributed by atoms with van der Waals surface area (Å²) in [6.45, 7) is 5.79. The number of likely N-dealkylation sites (N-methyl/N-ethyl adjacent to an activating group) is 1. The zero-order valence-electron chi connectivity index (χ0n) is 10.9. The lowest BCUT2D eigenvalue weighted by atomic mass is 10.1. The third kappa shape index (κ3) is 2.34. The van der Waals surface area contributed by atoms with Gasteiger partial charge in [0.1, 0.15) is 0 Å². The molecule has 0 aromatic carbocycles. The van der Waals surface area contributed by atoms with Gasteiger partial charge in [-0.05, 0) is 33.9 Å². The Kier molecular flexibility index (Phi) is 3.19. The maximum atomic E-state index is 12.2. The number of likely N-dealkylation sites (tertiary alicyclic amines) is 1. The van der Waals surface area contributed by atoms with Crippen molar-refractivity contribution in [2.75, 3.05) is 20.1 Å². The first kappa shape index (κ1) is 12.1. The number of nitrogens with one attached hydrogen (secondary N) is 1. The Morgan fingerprint density at radius 1 is 1.41 bits per heavy atom. The summed E-state index contributed by atoms with van der Waals surface area (Å²) in [5.74, 6) is 0.00778. The van der Waals surface area contributed by atoms with Crippen LogP contribution in [0.2, 0.25) is 0 Å². The van der Waals surface area contributed by atoms with Crippen molar-refractivity contribution in [3.63, 3.8) is 0 Å². The van der Waals surface area contributed by atoms with Gasteiger partial charge in [-0.3, -0.25) is 9.48 Å². The van der Waals surface area contributed by atoms with Crippen molar-refractivity contribution in [3.05, 3.63) is 17.0 Å². The fourth-order valence-corrected chi connectivity index (χ4v) is 2.41. The summed E-state index contributed by atoms with van der Waals surface area (Å²) in [7, 11) is 3.94. The van der Waals surface area contributed by atoms with Gasteiger partial charge in [0.15, 0.2) is 0 Å². The molecule has 1 aromatic heterocycles. The molecule has 2 heterocycles. The number of nitrogens with zero attached hydrogens (tertiary/aromatic N) is 3. The SMILES string of the molecule is Cc1nn(C)c(C)c1C(=O)NC1CCN(C)C1. The fourth-order valence-electron chi connectivity index (χ4n) is 2.41. The molecule has 1 atom stereocenters. The molecule has 5 nitrogen and oxygen atoms in total. The average Bonchev–Trinajstić information content (AvgIpc) is 2.73. The van der Waals surface area contributed by atoms with E-state index in [4.69, 9.17) is 0 Å². The van der Waals surface area contributed by atoms with E-state index < -0.39 is 0 Å². The first-order chi connectivity index (χ1) is 7.99. The zero-order chi connectivity index (χ0) is 12.6. The monoisotopic (exact) mass is 236 g/mol. The molecule has 1 fully saturated rings. The second kappa shape index (κ2) is 4.49. The van der Waals surface area contributed by atoms with Crippen molar-refractivity contribution < 1.29 is 4.79 Å². The van der Waals surface area contributed by atoms with Crippen LogP contribution in [0.15, 0.2) is 0 Å². The molecule has 1 saturated heterocycles. The van der Waals surface area contributed by atoms with Crippen LogP contribution in [-0.2, 0) is 7.05 Å². The van der Waals surface area contributed by atoms with Crippen LogP contribution in [0.5, 0.6) is 0 Å². The van der Waals surface area contributed by atoms with E-state index in [1.54, 1.807) is 4.68 Å². The minimum atomic E-state index is 0.00778. The van der Waals surface area contributed by atoms with Crippen LogP contribution >= 0.6 is 0 Å². The van der Waals surface area contributed by atoms with Gasteiger partial charge in [0.05, 0.1) is 11.3 Å². The normalized spacial score (nSPS) is 20.8. The first-order valence-corrected chi connectivity index (χ1v) is 5.98. The summed E-state index contributed by atoms with van der Waals surface area (Å²) in [4.78, 5) is 14.4. The molecule has 17 heavy (non-hydrogen) atoms. The molecule has 1 amide bonds. The number of hydrogen-bond acceptors (Lipinski definition) is 3. The van der Waals surface area contributed by atoms with Gasteiger partial charge < -0.3 is 10.2 Å². The highest BCUT2D eigenvalue weighted by Gasteiger charge is 2.24. The van der Waals surface area contributed by atoms with Crippen LogP contribution in [0.25, 0.3) is 0 Å². The quantitative estimate of drug-likeness (QED) is 0.812. The van der Waals surface area contributed by atoms with Gasteiger partial charge in [-0.15, -0.1) is 0 Å². The van der Waals surface area contributed by atoms with Gasteiger partial charge in [-0.25, -0.2) is 0 Å². The molecule has 0 spiro atoms. The Labute approximate surface area is 102 Å². The molecular weight excluding hydrogens is 216 g/mol. The Bertz CT molecular complexity index is 438. The van der Waals surface area contributed by atoms with E-state index in [9.17, 15) is 4.79 Å². The van der Waals surface area contributed by atoms with E-state index in [0.29, 0.717) is 0 Å². The smallest absolute Gasteiger partial charge is 0.255 e. The number of rotatable bonds is 2. The van der Waals surface area contributed by atoms with Crippen molar-refractivity contribution in [2.24, 2.45) is 7.05 Å². The van der Waals surface area contributed by atoms with Gasteiger partial charge in [0, 0.05) is 25.3 Å². The van der Waals surface area contributed by atoms with E-state index in [1.807, 2.05) is 20.9 Å². The highest BCUT2D eigenvalue weighted by atomic mass is 16.1. The number of aryl methyl sites for hydroxylation is 2. The van der Waals surface area contributed by atoms with Crippen molar-refractivity contribution >= 4 is 5.91 Å². The van der Waals surface area contributed by atoms with E-state index in [1.165, 1.54) is 0 Å². The van der Waals surface area contributed by atoms with E-state index in [2.05, 4.69) is 22.4 Å². The predicted octanol–water partition coefficient (Wildman–Crippen LogP) is 0.471. The van der Waals surface area contributed by atoms with Crippen molar-refractivity contribution in [3.8, 4) is 0 Å². The molecule has 0 saturated carbocycles. The van der Waals surface area contributed by atoms with Gasteiger partial charge in [0.2, 0.25) is 0 Å². The highest BCUT2D eigenvalue weighted by Crippen LogP contribution is 2.13. The third-order valence-corrected chi connectivity index (χ3v) is 3.46. The number of aromatic nitrogens is 2. The molecule has 0 radical (unpaired) electrons. The molecule has 0 bridgehead atoms. The molecule has 5 heteroatoms. The van der Waals surface area contributed by atoms with Crippen molar-refractivity contribution in [1.29, 1.82) is 0 Å². The van der Waals surface area contributed by atoms with Gasteiger partial charge in [-0.1, -0.05) is 0 Å². The summed E-state index contributed by atoms with van der Waals surface area (Å²) in [6, 6.07) is 0.270. The van der Waals surface area contributed by atoms with E-state index >= 15 is 0 Å². The Morgan fingerprint density at radius 2 is 2.12 bits per heavy atom. The maximum absolute atomic E-state index is 12.2. The molecule has 2 rings (SSSR count). The molecule has 1 unspecified atom stereocenters. The lowest BCUT2D eigenvalue weighted by Gasteiger charge is -2.13. The number of carbonyl (C=O) groups is 1. The average molecular weight is 236 g/mol. The second-order valence-corrected chi connectivity index (χ2v) is 4.89. The molecule has 1 N–H and O–H groups in total. The van der Waals surface area contributed by atoms with Gasteiger partial charge in [0.25, 0.3) is 5.91 Å². The van der Waals surface area contributed by atoms with Crippen LogP contribution in [0.1, 0.15) is 28.2 Å². The zero-order valence-corrected chi connectivity index (χ0v) is 10.9. The lowest BCUT2D eigenvalue weighted by Crippen LogP contribution is -2.37. The van der Waals surface area contributed by atoms with Crippen LogP contribution < -0.4 is 5.32 Å². The summed E-state index contributed by atoms with van der Waals surface area (Å²) >= 11 is 0. The van der Waals surface area contributed by atoms with Gasteiger partial charge in [-0.2, -0.15) is 5.10 Å². The van der Waals surface area contributed by atoms with E-state index in [0.717, 1.165) is 36.5 Å². The summed E-state index contributed by atoms with van der Waals surface area (Å²) in [6.07, 6.45) is 1.03. The van der Waals surface area contributed by atoms with Crippen LogP contribution in [0, 0.1) is 13.8 Å². The molecule has 1 aliphatic heterocycles. The standard InChI is InChI=1S/C12H20N4O/c1-8-11(9(2)16(4)14-8)12(17)13-10-5-6-15(3)7-10/h10H,5-7H2,1-4H3,(H,13,17). The number of amides is 1. The Hall–Kier alpha value is -1.36. The largest absolute Gasteiger partial charge is 0.348 e. The van der Waals surface area contributed by atoms with Crippen LogP contribution in [0.4, 0.5) is 0 Å². The van der Waals surface area contributed by atoms with Crippen LogP contribution in [0.3, 0.4) is 0 Å². The topological polar surface area (TPSA) is 50.2 Å². The predicted molar refractivity (Wildman–Crippen MR) is 66.1 cm³/mol. The summed E-state index contributed by atoms with van der Waals surface area (Å²) < 4.78 is 1.75. The van der Waals surface area contributed by atoms with E-state index in [-0.39, 0.29) is 11.9 Å². The summed E-state index contributed by atoms with van der Waals surface area (Å²) in [5, 5.41) is 7.35. The first-order valence-electron chi connectivity index (χ1n) is 5.98. The Balaban J connectivity index is 2.09. The third-order valence-electron chi connectivity index (χ3n) is 3.46. The minimum absolute atomic E-state index is 0.00778. The van der Waals surface area contributed by atoms with Crippen LogP contribution in [-0.4, -0.2) is 46.8 Å². The van der Waals surface area contributed by atoms with Gasteiger partial charge >= 0.3 is 0 Å². The lowest BCUT2D eigenvalue weighted by molar-refractivity contribution is 0.0937. The number of hydrogen-bond donors (Lipinski definition) is 1. The molecular formula is C12H20N4O. The molecule has 94 valence electrons. The van der Waals surface area contributed by atoms with Crippen molar-refractivity contribution in [1.82, 2.24) is 20.0 Å². The molecule has 1 aliphatic rings. The second-order valence-electron chi connectivity index (χ2n) is 4.89. The molecule has 0 aliphatic carbocycles.